The molecule has 1 aromatic rings. The Morgan fingerprint density at radius 3 is 2.58 bits per heavy atom. The standard InChI is InChI=1S/C15H22BrFN2/c1-11(2)9-15(19-7-5-18-6-8-19)13-4-3-12(17)10-14(13)16/h3-4,10-11,15,18H,5-9H2,1-2H3/t15-/m0/s1. The molecule has 1 saturated heterocycles. The summed E-state index contributed by atoms with van der Waals surface area (Å²) in [6.45, 7) is 8.67. The molecular weight excluding hydrogens is 307 g/mol. The third-order valence-electron chi connectivity index (χ3n) is 3.61. The van der Waals surface area contributed by atoms with Crippen molar-refractivity contribution in [3.05, 3.63) is 34.1 Å². The molecule has 0 saturated carbocycles. The van der Waals surface area contributed by atoms with Gasteiger partial charge in [-0.2, -0.15) is 0 Å². The maximum absolute atomic E-state index is 13.3. The number of rotatable bonds is 4. The van der Waals surface area contributed by atoms with Crippen LogP contribution >= 0.6 is 15.9 Å². The second-order valence-electron chi connectivity index (χ2n) is 5.60. The highest BCUT2D eigenvalue weighted by molar-refractivity contribution is 9.10. The fraction of sp³-hybridized carbons (Fsp3) is 0.600. The lowest BCUT2D eigenvalue weighted by Crippen LogP contribution is -2.45. The first kappa shape index (κ1) is 14.9. The summed E-state index contributed by atoms with van der Waals surface area (Å²) in [6.07, 6.45) is 1.10. The predicted octanol–water partition coefficient (Wildman–Crippen LogP) is 3.58. The molecule has 1 N–H and O–H groups in total. The molecule has 0 amide bonds. The van der Waals surface area contributed by atoms with Crippen LogP contribution in [0.5, 0.6) is 0 Å². The summed E-state index contributed by atoms with van der Waals surface area (Å²) in [5, 5.41) is 3.38. The molecule has 1 fully saturated rings. The monoisotopic (exact) mass is 328 g/mol. The topological polar surface area (TPSA) is 15.3 Å². The van der Waals surface area contributed by atoms with E-state index in [9.17, 15) is 4.39 Å². The van der Waals surface area contributed by atoms with Gasteiger partial charge in [-0.15, -0.1) is 0 Å². The Kier molecular flexibility index (Phi) is 5.37. The number of hydrogen-bond donors (Lipinski definition) is 1. The summed E-state index contributed by atoms with van der Waals surface area (Å²) in [7, 11) is 0. The first-order chi connectivity index (χ1) is 9.08. The summed E-state index contributed by atoms with van der Waals surface area (Å²) in [5.41, 5.74) is 1.21. The number of nitrogens with one attached hydrogen (secondary N) is 1. The molecule has 0 aromatic heterocycles. The van der Waals surface area contributed by atoms with Gasteiger partial charge in [-0.1, -0.05) is 35.8 Å². The summed E-state index contributed by atoms with van der Waals surface area (Å²) < 4.78 is 14.1. The molecular formula is C15H22BrFN2. The molecule has 1 heterocycles. The van der Waals surface area contributed by atoms with Crippen molar-refractivity contribution >= 4 is 15.9 Å². The maximum Gasteiger partial charge on any atom is 0.124 e. The van der Waals surface area contributed by atoms with Gasteiger partial charge in [-0.25, -0.2) is 4.39 Å². The second-order valence-corrected chi connectivity index (χ2v) is 6.45. The van der Waals surface area contributed by atoms with Crippen LogP contribution in [0.2, 0.25) is 0 Å². The molecule has 0 unspecified atom stereocenters. The van der Waals surface area contributed by atoms with Gasteiger partial charge in [-0.05, 0) is 30.0 Å². The number of hydrogen-bond acceptors (Lipinski definition) is 2. The van der Waals surface area contributed by atoms with Gasteiger partial charge >= 0.3 is 0 Å². The zero-order chi connectivity index (χ0) is 13.8. The fourth-order valence-electron chi connectivity index (χ4n) is 2.68. The van der Waals surface area contributed by atoms with E-state index in [1.165, 1.54) is 5.56 Å². The van der Waals surface area contributed by atoms with Gasteiger partial charge < -0.3 is 5.32 Å². The van der Waals surface area contributed by atoms with E-state index in [0.29, 0.717) is 12.0 Å². The Balaban J connectivity index is 2.25. The Hall–Kier alpha value is -0.450. The molecule has 0 bridgehead atoms. The number of piperazine rings is 1. The van der Waals surface area contributed by atoms with Gasteiger partial charge in [0.1, 0.15) is 5.82 Å². The molecule has 0 spiro atoms. The second kappa shape index (κ2) is 6.82. The van der Waals surface area contributed by atoms with Crippen molar-refractivity contribution in [2.75, 3.05) is 26.2 Å². The lowest BCUT2D eigenvalue weighted by atomic mass is 9.95. The van der Waals surface area contributed by atoms with Crippen molar-refractivity contribution in [3.63, 3.8) is 0 Å². The van der Waals surface area contributed by atoms with Crippen LogP contribution in [0.25, 0.3) is 0 Å². The van der Waals surface area contributed by atoms with Crippen molar-refractivity contribution in [3.8, 4) is 0 Å². The first-order valence-electron chi connectivity index (χ1n) is 6.97. The SMILES string of the molecule is CC(C)C[C@@H](c1ccc(F)cc1Br)N1CCNCC1. The van der Waals surface area contributed by atoms with Gasteiger partial charge in [0.25, 0.3) is 0 Å². The van der Waals surface area contributed by atoms with Gasteiger partial charge in [0.15, 0.2) is 0 Å². The van der Waals surface area contributed by atoms with Gasteiger partial charge in [0.2, 0.25) is 0 Å². The molecule has 1 atom stereocenters. The molecule has 4 heteroatoms. The highest BCUT2D eigenvalue weighted by Gasteiger charge is 2.24. The molecule has 19 heavy (non-hydrogen) atoms. The van der Waals surface area contributed by atoms with Crippen LogP contribution in [0, 0.1) is 11.7 Å². The van der Waals surface area contributed by atoms with Crippen molar-refractivity contribution in [2.24, 2.45) is 5.92 Å². The van der Waals surface area contributed by atoms with Crippen molar-refractivity contribution < 1.29 is 4.39 Å². The Morgan fingerprint density at radius 1 is 1.32 bits per heavy atom. The zero-order valence-electron chi connectivity index (χ0n) is 11.6. The van der Waals surface area contributed by atoms with E-state index < -0.39 is 0 Å². The van der Waals surface area contributed by atoms with Crippen LogP contribution in [0.3, 0.4) is 0 Å². The van der Waals surface area contributed by atoms with E-state index in [2.05, 4.69) is 40.0 Å². The van der Waals surface area contributed by atoms with E-state index >= 15 is 0 Å². The van der Waals surface area contributed by atoms with Gasteiger partial charge in [-0.3, -0.25) is 4.90 Å². The highest BCUT2D eigenvalue weighted by atomic mass is 79.9. The van der Waals surface area contributed by atoms with Crippen LogP contribution in [0.4, 0.5) is 4.39 Å². The summed E-state index contributed by atoms with van der Waals surface area (Å²) in [5.74, 6) is 0.441. The van der Waals surface area contributed by atoms with E-state index in [0.717, 1.165) is 37.1 Å². The molecule has 2 rings (SSSR count). The fourth-order valence-corrected chi connectivity index (χ4v) is 3.30. The van der Waals surface area contributed by atoms with Crippen molar-refractivity contribution in [1.29, 1.82) is 0 Å². The van der Waals surface area contributed by atoms with Crippen LogP contribution in [0.15, 0.2) is 22.7 Å². The minimum atomic E-state index is -0.181. The van der Waals surface area contributed by atoms with Crippen molar-refractivity contribution in [2.45, 2.75) is 26.3 Å². The zero-order valence-corrected chi connectivity index (χ0v) is 13.2. The summed E-state index contributed by atoms with van der Waals surface area (Å²) in [4.78, 5) is 2.51. The minimum absolute atomic E-state index is 0.181. The number of nitrogens with zero attached hydrogens (tertiary/aromatic N) is 1. The first-order valence-corrected chi connectivity index (χ1v) is 7.77. The quantitative estimate of drug-likeness (QED) is 0.908. The van der Waals surface area contributed by atoms with E-state index in [4.69, 9.17) is 0 Å². The van der Waals surface area contributed by atoms with Crippen molar-refractivity contribution in [1.82, 2.24) is 10.2 Å². The summed E-state index contributed by atoms with van der Waals surface area (Å²) >= 11 is 3.52. The van der Waals surface area contributed by atoms with E-state index in [1.54, 1.807) is 12.1 Å². The molecule has 0 aliphatic carbocycles. The van der Waals surface area contributed by atoms with Gasteiger partial charge in [0, 0.05) is 36.7 Å². The van der Waals surface area contributed by atoms with Crippen LogP contribution in [0.1, 0.15) is 31.9 Å². The lowest BCUT2D eigenvalue weighted by Gasteiger charge is -2.36. The third kappa shape index (κ3) is 4.01. The smallest absolute Gasteiger partial charge is 0.124 e. The Bertz CT molecular complexity index is 417. The van der Waals surface area contributed by atoms with Crippen LogP contribution in [-0.2, 0) is 0 Å². The molecule has 1 aliphatic heterocycles. The Labute approximate surface area is 123 Å². The van der Waals surface area contributed by atoms with E-state index in [-0.39, 0.29) is 5.82 Å². The lowest BCUT2D eigenvalue weighted by molar-refractivity contribution is 0.153. The average molecular weight is 329 g/mol. The van der Waals surface area contributed by atoms with Gasteiger partial charge in [0.05, 0.1) is 0 Å². The third-order valence-corrected chi connectivity index (χ3v) is 4.30. The predicted molar refractivity (Wildman–Crippen MR) is 80.7 cm³/mol. The number of halogens is 2. The number of benzene rings is 1. The summed E-state index contributed by atoms with van der Waals surface area (Å²) in [6, 6.07) is 5.44. The van der Waals surface area contributed by atoms with Crippen LogP contribution < -0.4 is 5.32 Å². The van der Waals surface area contributed by atoms with E-state index in [1.807, 2.05) is 6.07 Å². The molecule has 1 aliphatic rings. The van der Waals surface area contributed by atoms with Crippen LogP contribution in [-0.4, -0.2) is 31.1 Å². The molecule has 1 aromatic carbocycles. The Morgan fingerprint density at radius 2 is 2.00 bits per heavy atom. The average Bonchev–Trinajstić information content (AvgIpc) is 2.37. The molecule has 2 nitrogen and oxygen atoms in total. The molecule has 0 radical (unpaired) electrons. The normalized spacial score (nSPS) is 18.8. The largest absolute Gasteiger partial charge is 0.314 e. The maximum atomic E-state index is 13.3. The minimum Gasteiger partial charge on any atom is -0.314 e. The highest BCUT2D eigenvalue weighted by Crippen LogP contribution is 2.33. The molecule has 106 valence electrons.